The van der Waals surface area contributed by atoms with Gasteiger partial charge in [0, 0.05) is 25.2 Å². The Morgan fingerprint density at radius 2 is 1.55 bits per heavy atom. The Morgan fingerprint density at radius 3 is 2.17 bits per heavy atom. The summed E-state index contributed by atoms with van der Waals surface area (Å²) in [6.45, 7) is 9.38. The van der Waals surface area contributed by atoms with Gasteiger partial charge in [-0.15, -0.1) is 0 Å². The molecule has 1 saturated carbocycles. The van der Waals surface area contributed by atoms with E-state index in [2.05, 4.69) is 88.1 Å². The molecule has 7 nitrogen and oxygen atoms in total. The Balaban J connectivity index is 0.000000166. The molecule has 2 aliphatic heterocycles. The average molecular weight is 640 g/mol. The summed E-state index contributed by atoms with van der Waals surface area (Å²) < 4.78 is 0. The van der Waals surface area contributed by atoms with E-state index >= 15 is 0 Å². The monoisotopic (exact) mass is 639 g/mol. The van der Waals surface area contributed by atoms with E-state index in [0.29, 0.717) is 0 Å². The lowest BCUT2D eigenvalue weighted by Gasteiger charge is -2.34. The lowest BCUT2D eigenvalue weighted by Crippen LogP contribution is -2.37. The predicted octanol–water partition coefficient (Wildman–Crippen LogP) is 8.37. The van der Waals surface area contributed by atoms with Crippen LogP contribution in [0.3, 0.4) is 0 Å². The van der Waals surface area contributed by atoms with Gasteiger partial charge in [-0.25, -0.2) is 9.97 Å². The van der Waals surface area contributed by atoms with Crippen molar-refractivity contribution in [3.8, 4) is 0 Å². The molecule has 2 aromatic carbocycles. The van der Waals surface area contributed by atoms with Gasteiger partial charge in [0.05, 0.1) is 5.52 Å². The summed E-state index contributed by atoms with van der Waals surface area (Å²) in [7, 11) is 2.21. The maximum atomic E-state index is 8.36. The molecule has 7 rings (SSSR count). The minimum absolute atomic E-state index is 0.250. The van der Waals surface area contributed by atoms with Crippen molar-refractivity contribution in [2.24, 2.45) is 11.8 Å². The zero-order valence-electron chi connectivity index (χ0n) is 28.9. The number of nitrogens with zero attached hydrogens (tertiary/aromatic N) is 4. The molecule has 0 spiro atoms. The van der Waals surface area contributed by atoms with Crippen LogP contribution in [0.5, 0.6) is 0 Å². The average Bonchev–Trinajstić information content (AvgIpc) is 3.78. The van der Waals surface area contributed by atoms with Crippen LogP contribution in [0.25, 0.3) is 11.2 Å². The summed E-state index contributed by atoms with van der Waals surface area (Å²) in [5, 5.41) is 6.89. The van der Waals surface area contributed by atoms with Crippen molar-refractivity contribution in [3.05, 3.63) is 95.9 Å². The van der Waals surface area contributed by atoms with Crippen LogP contribution in [0.1, 0.15) is 87.6 Å². The van der Waals surface area contributed by atoms with E-state index < -0.39 is 0 Å². The number of aromatic nitrogens is 3. The van der Waals surface area contributed by atoms with Crippen molar-refractivity contribution in [1.29, 1.82) is 0 Å². The number of carbonyl (C=O) groups is 1. The summed E-state index contributed by atoms with van der Waals surface area (Å²) in [5.74, 6) is 3.68. The number of rotatable bonds is 6. The summed E-state index contributed by atoms with van der Waals surface area (Å²) in [6, 6.07) is 26.1. The maximum Gasteiger partial charge on any atom is 0.290 e. The molecule has 2 aromatic heterocycles. The van der Waals surface area contributed by atoms with E-state index in [1.54, 1.807) is 11.8 Å². The number of hydrogen-bond donors (Lipinski definition) is 2. The molecule has 3 aliphatic rings. The van der Waals surface area contributed by atoms with Gasteiger partial charge in [0.25, 0.3) is 6.47 Å². The smallest absolute Gasteiger partial charge is 0.290 e. The molecule has 47 heavy (non-hydrogen) atoms. The molecule has 2 N–H and O–H groups in total. The Labute approximate surface area is 282 Å². The molecule has 1 aliphatic carbocycles. The zero-order valence-corrected chi connectivity index (χ0v) is 28.9. The van der Waals surface area contributed by atoms with Gasteiger partial charge >= 0.3 is 0 Å². The Hall–Kier alpha value is -3.55. The number of carboxylic acid groups (broad SMARTS) is 1. The number of fused-ring (bicyclic) bond motifs is 1. The highest BCUT2D eigenvalue weighted by atomic mass is 16.3. The van der Waals surface area contributed by atoms with Gasteiger partial charge in [-0.1, -0.05) is 85.5 Å². The van der Waals surface area contributed by atoms with Crippen LogP contribution in [-0.2, 0) is 11.2 Å². The second-order valence-electron chi connectivity index (χ2n) is 13.6. The number of hydrogen-bond acceptors (Lipinski definition) is 5. The summed E-state index contributed by atoms with van der Waals surface area (Å²) in [5.41, 5.74) is 4.76. The number of piperidine rings is 1. The van der Waals surface area contributed by atoms with Crippen LogP contribution in [0.2, 0.25) is 0 Å². The van der Waals surface area contributed by atoms with Crippen molar-refractivity contribution in [3.63, 3.8) is 0 Å². The van der Waals surface area contributed by atoms with Crippen LogP contribution >= 0.6 is 0 Å². The van der Waals surface area contributed by atoms with E-state index in [-0.39, 0.29) is 6.47 Å². The Kier molecular flexibility index (Phi) is 15.4. The third-order valence-corrected chi connectivity index (χ3v) is 10.3. The molecule has 2 atom stereocenters. The Bertz CT molecular complexity index is 1360. The maximum absolute atomic E-state index is 8.36. The highest BCUT2D eigenvalue weighted by Crippen LogP contribution is 2.34. The number of pyridine rings is 1. The molecule has 0 radical (unpaired) electrons. The van der Waals surface area contributed by atoms with Gasteiger partial charge in [0.1, 0.15) is 5.82 Å². The highest BCUT2D eigenvalue weighted by Gasteiger charge is 2.31. The van der Waals surface area contributed by atoms with Gasteiger partial charge in [-0.05, 0) is 115 Å². The predicted molar refractivity (Wildman–Crippen MR) is 194 cm³/mol. The molecular weight excluding hydrogens is 582 g/mol. The molecule has 0 bridgehead atoms. The Morgan fingerprint density at radius 1 is 0.894 bits per heavy atom. The molecule has 4 aromatic rings. The standard InChI is InChI=1S/C18H27N.C14H20N4.C7H8.CH2O2/c1-15(16-8-4-2-5-9-16)19-13-12-18(14-19)17-10-6-3-7-11-17;1-18-9-6-11(7-10-18)4-5-13-16-12-3-2-8-15-14(12)17-13;1-7-5-3-2-4-6-7;2-1-3/h3,6-7,10-11,15-16,18H,2,4-5,8-9,12-14H2,1H3;2-3,8,11H,4-7,9-10H2,1H3,(H,15,16,17);2-6H,1H3;1H,(H,2,3). The van der Waals surface area contributed by atoms with Crippen molar-refractivity contribution >= 4 is 17.6 Å². The molecule has 2 unspecified atom stereocenters. The lowest BCUT2D eigenvalue weighted by molar-refractivity contribution is -0.122. The fourth-order valence-electron chi connectivity index (χ4n) is 7.31. The number of nitrogens with one attached hydrogen (secondary N) is 1. The molecule has 254 valence electrons. The van der Waals surface area contributed by atoms with Crippen LogP contribution in [0.15, 0.2) is 79.0 Å². The number of likely N-dealkylation sites (tertiary alicyclic amines) is 2. The molecule has 7 heteroatoms. The first-order valence-corrected chi connectivity index (χ1v) is 17.8. The largest absolute Gasteiger partial charge is 0.483 e. The normalized spacial score (nSPS) is 19.8. The SMILES string of the molecule is CC(C1CCCCC1)N1CCC(c2ccccc2)C1.CN1CCC(CCc2nc3ncccc3[nH]2)CC1.Cc1ccccc1.O=CO. The minimum Gasteiger partial charge on any atom is -0.483 e. The van der Waals surface area contributed by atoms with Gasteiger partial charge in [-0.2, -0.15) is 0 Å². The van der Waals surface area contributed by atoms with Crippen LogP contribution in [0.4, 0.5) is 0 Å². The first-order chi connectivity index (χ1) is 23.0. The molecule has 3 fully saturated rings. The van der Waals surface area contributed by atoms with E-state index in [1.165, 1.54) is 89.5 Å². The topological polar surface area (TPSA) is 85.4 Å². The van der Waals surface area contributed by atoms with Crippen molar-refractivity contribution in [1.82, 2.24) is 24.8 Å². The summed E-state index contributed by atoms with van der Waals surface area (Å²) in [4.78, 5) is 25.7. The summed E-state index contributed by atoms with van der Waals surface area (Å²) >= 11 is 0. The summed E-state index contributed by atoms with van der Waals surface area (Å²) in [6.07, 6.45) is 15.4. The van der Waals surface area contributed by atoms with Crippen LogP contribution in [-0.4, -0.2) is 75.6 Å². The third kappa shape index (κ3) is 12.2. The van der Waals surface area contributed by atoms with Crippen molar-refractivity contribution < 1.29 is 9.90 Å². The number of aryl methyl sites for hydroxylation is 2. The zero-order chi connectivity index (χ0) is 33.3. The minimum atomic E-state index is -0.250. The number of imidazole rings is 1. The number of aromatic amines is 1. The van der Waals surface area contributed by atoms with E-state index in [9.17, 15) is 0 Å². The fourth-order valence-corrected chi connectivity index (χ4v) is 7.31. The van der Waals surface area contributed by atoms with E-state index in [4.69, 9.17) is 9.90 Å². The van der Waals surface area contributed by atoms with E-state index in [0.717, 1.165) is 47.2 Å². The van der Waals surface area contributed by atoms with E-state index in [1.807, 2.05) is 30.3 Å². The fraction of sp³-hybridized carbons (Fsp3) is 0.525. The molecule has 2 saturated heterocycles. The second-order valence-corrected chi connectivity index (χ2v) is 13.6. The number of H-pyrrole nitrogens is 1. The first kappa shape index (κ1) is 36.3. The van der Waals surface area contributed by atoms with Gasteiger partial charge < -0.3 is 15.0 Å². The molecule has 0 amide bonds. The molecule has 4 heterocycles. The van der Waals surface area contributed by atoms with Gasteiger partial charge in [0.2, 0.25) is 0 Å². The van der Waals surface area contributed by atoms with Crippen LogP contribution in [0, 0.1) is 18.8 Å². The van der Waals surface area contributed by atoms with Crippen molar-refractivity contribution in [2.75, 3.05) is 33.2 Å². The third-order valence-electron chi connectivity index (χ3n) is 10.3. The quantitative estimate of drug-likeness (QED) is 0.206. The lowest BCUT2D eigenvalue weighted by atomic mass is 9.84. The molecular formula is C40H57N5O2. The van der Waals surface area contributed by atoms with Crippen LogP contribution < -0.4 is 0 Å². The number of benzene rings is 2. The first-order valence-electron chi connectivity index (χ1n) is 17.8. The highest BCUT2D eigenvalue weighted by molar-refractivity contribution is 5.69. The van der Waals surface area contributed by atoms with Crippen molar-refractivity contribution in [2.45, 2.75) is 90.0 Å². The van der Waals surface area contributed by atoms with Gasteiger partial charge in [0.15, 0.2) is 5.65 Å². The van der Waals surface area contributed by atoms with Gasteiger partial charge in [-0.3, -0.25) is 9.69 Å². The second kappa shape index (κ2) is 20.0.